The molecule has 0 amide bonds. The summed E-state index contributed by atoms with van der Waals surface area (Å²) in [7, 11) is 0. The van der Waals surface area contributed by atoms with Crippen LogP contribution in [-0.4, -0.2) is 29.3 Å². The van der Waals surface area contributed by atoms with Crippen LogP contribution in [0.25, 0.3) is 0 Å². The number of aromatic nitrogens is 1. The van der Waals surface area contributed by atoms with Gasteiger partial charge in [0, 0.05) is 13.1 Å². The molecule has 8 heteroatoms. The smallest absolute Gasteiger partial charge is 0.365 e. The Morgan fingerprint density at radius 1 is 1.04 bits per heavy atom. The average molecular weight is 381 g/mol. The lowest BCUT2D eigenvalue weighted by Crippen LogP contribution is -2.66. The Bertz CT molecular complexity index is 650. The van der Waals surface area contributed by atoms with E-state index in [1.165, 1.54) is 0 Å². The Kier molecular flexibility index (Phi) is 3.76. The van der Waals surface area contributed by atoms with Crippen molar-refractivity contribution >= 4 is 29.0 Å². The first-order valence-corrected chi connectivity index (χ1v) is 8.86. The number of hydrogen-bond donors (Lipinski definition) is 0. The van der Waals surface area contributed by atoms with Crippen LogP contribution in [0, 0.1) is 0 Å². The molecule has 3 fully saturated rings. The highest BCUT2D eigenvalue weighted by Crippen LogP contribution is 2.51. The summed E-state index contributed by atoms with van der Waals surface area (Å²) in [6.07, 6.45) is 1.53. The number of pyridine rings is 1. The minimum Gasteiger partial charge on any atom is -0.365 e. The van der Waals surface area contributed by atoms with Gasteiger partial charge in [-0.05, 0) is 44.6 Å². The molecule has 4 rings (SSSR count). The summed E-state index contributed by atoms with van der Waals surface area (Å²) >= 11 is 11.9. The summed E-state index contributed by atoms with van der Waals surface area (Å²) < 4.78 is 45.3. The molecule has 2 heterocycles. The van der Waals surface area contributed by atoms with Crippen LogP contribution in [0.5, 0.6) is 0 Å². The summed E-state index contributed by atoms with van der Waals surface area (Å²) in [5, 5.41) is -0.573. The predicted molar refractivity (Wildman–Crippen MR) is 85.7 cm³/mol. The summed E-state index contributed by atoms with van der Waals surface area (Å²) in [4.78, 5) is 5.96. The van der Waals surface area contributed by atoms with E-state index in [1.54, 1.807) is 0 Å². The maximum absolute atomic E-state index is 13.0. The third-order valence-electron chi connectivity index (χ3n) is 5.44. The van der Waals surface area contributed by atoms with Crippen LogP contribution in [0.1, 0.15) is 44.1 Å². The molecular formula is C16H17Cl2F3N2O. The van der Waals surface area contributed by atoms with Gasteiger partial charge in [0.1, 0.15) is 11.0 Å². The lowest BCUT2D eigenvalue weighted by atomic mass is 9.72. The van der Waals surface area contributed by atoms with Gasteiger partial charge in [0.05, 0.1) is 21.8 Å². The molecule has 2 spiro atoms. The van der Waals surface area contributed by atoms with Crippen LogP contribution >= 0.6 is 23.2 Å². The van der Waals surface area contributed by atoms with Gasteiger partial charge in [-0.15, -0.1) is 0 Å². The van der Waals surface area contributed by atoms with E-state index in [0.717, 1.165) is 44.6 Å². The fraction of sp³-hybridized carbons (Fsp3) is 0.688. The molecule has 3 aliphatic rings. The number of alkyl halides is 3. The maximum atomic E-state index is 13.0. The van der Waals surface area contributed by atoms with E-state index in [0.29, 0.717) is 18.9 Å². The van der Waals surface area contributed by atoms with E-state index >= 15 is 0 Å². The average Bonchev–Trinajstić information content (AvgIpc) is 2.44. The van der Waals surface area contributed by atoms with Gasteiger partial charge in [-0.2, -0.15) is 13.2 Å². The number of morpholine rings is 1. The van der Waals surface area contributed by atoms with E-state index in [4.69, 9.17) is 27.9 Å². The monoisotopic (exact) mass is 380 g/mol. The molecule has 0 radical (unpaired) electrons. The highest BCUT2D eigenvalue weighted by Gasteiger charge is 2.54. The molecule has 24 heavy (non-hydrogen) atoms. The zero-order valence-corrected chi connectivity index (χ0v) is 14.4. The molecule has 2 aliphatic carbocycles. The lowest BCUT2D eigenvalue weighted by molar-refractivity contribution is -0.229. The zero-order chi connectivity index (χ0) is 17.2. The van der Waals surface area contributed by atoms with Crippen LogP contribution < -0.4 is 4.90 Å². The van der Waals surface area contributed by atoms with Gasteiger partial charge in [0.2, 0.25) is 0 Å². The third kappa shape index (κ3) is 2.67. The van der Waals surface area contributed by atoms with E-state index in [-0.39, 0.29) is 16.2 Å². The quantitative estimate of drug-likeness (QED) is 0.634. The first-order chi connectivity index (χ1) is 11.2. The van der Waals surface area contributed by atoms with Gasteiger partial charge in [-0.25, -0.2) is 4.98 Å². The summed E-state index contributed by atoms with van der Waals surface area (Å²) in [5.41, 5.74) is -1.42. The standard InChI is InChI=1S/C16H17Cl2F3N2O/c17-11-7-10(16(19,20)21)12(18)22-13(11)23-8-14(3-1-4-14)24-15(9-23)5-2-6-15/h7H,1-6,8-9H2. The van der Waals surface area contributed by atoms with Crippen molar-refractivity contribution in [3.8, 4) is 0 Å². The first-order valence-electron chi connectivity index (χ1n) is 8.11. The number of halogens is 5. The van der Waals surface area contributed by atoms with Crippen molar-refractivity contribution in [3.63, 3.8) is 0 Å². The van der Waals surface area contributed by atoms with E-state index < -0.39 is 16.9 Å². The van der Waals surface area contributed by atoms with E-state index in [2.05, 4.69) is 4.98 Å². The molecule has 1 aromatic heterocycles. The van der Waals surface area contributed by atoms with Crippen molar-refractivity contribution in [2.75, 3.05) is 18.0 Å². The summed E-state index contributed by atoms with van der Waals surface area (Å²) in [6, 6.07) is 0.878. The topological polar surface area (TPSA) is 25.4 Å². The Morgan fingerprint density at radius 3 is 2.00 bits per heavy atom. The van der Waals surface area contributed by atoms with Gasteiger partial charge in [-0.3, -0.25) is 0 Å². The van der Waals surface area contributed by atoms with Gasteiger partial charge < -0.3 is 9.64 Å². The Morgan fingerprint density at radius 2 is 1.58 bits per heavy atom. The molecule has 0 aromatic carbocycles. The minimum absolute atomic E-state index is 0.0161. The molecule has 0 N–H and O–H groups in total. The van der Waals surface area contributed by atoms with Gasteiger partial charge in [-0.1, -0.05) is 23.2 Å². The molecule has 0 atom stereocenters. The van der Waals surface area contributed by atoms with Crippen molar-refractivity contribution in [2.24, 2.45) is 0 Å². The van der Waals surface area contributed by atoms with Crippen LogP contribution in [0.3, 0.4) is 0 Å². The molecule has 1 saturated heterocycles. The molecule has 1 aromatic rings. The number of anilines is 1. The molecule has 0 bridgehead atoms. The fourth-order valence-electron chi connectivity index (χ4n) is 3.97. The first kappa shape index (κ1) is 16.7. The highest BCUT2D eigenvalue weighted by molar-refractivity contribution is 6.34. The fourth-order valence-corrected chi connectivity index (χ4v) is 4.48. The number of hydrogen-bond acceptors (Lipinski definition) is 3. The predicted octanol–water partition coefficient (Wildman–Crippen LogP) is 5.09. The molecule has 132 valence electrons. The molecule has 3 nitrogen and oxygen atoms in total. The van der Waals surface area contributed by atoms with Crippen LogP contribution in [0.4, 0.5) is 19.0 Å². The normalized spacial score (nSPS) is 24.8. The second-order valence-electron chi connectivity index (χ2n) is 7.16. The number of nitrogens with zero attached hydrogens (tertiary/aromatic N) is 2. The Balaban J connectivity index is 1.68. The maximum Gasteiger partial charge on any atom is 0.419 e. The zero-order valence-electron chi connectivity index (χ0n) is 12.9. The molecule has 1 aliphatic heterocycles. The Hall–Kier alpha value is -0.720. The number of rotatable bonds is 1. The van der Waals surface area contributed by atoms with Crippen LogP contribution in [0.2, 0.25) is 10.2 Å². The number of ether oxygens (including phenoxy) is 1. The lowest BCUT2D eigenvalue weighted by Gasteiger charge is -2.59. The van der Waals surface area contributed by atoms with E-state index in [9.17, 15) is 13.2 Å². The second-order valence-corrected chi connectivity index (χ2v) is 7.93. The van der Waals surface area contributed by atoms with Crippen molar-refractivity contribution in [2.45, 2.75) is 55.9 Å². The van der Waals surface area contributed by atoms with Crippen molar-refractivity contribution in [1.29, 1.82) is 0 Å². The second kappa shape index (κ2) is 5.39. The Labute approximate surface area is 148 Å². The third-order valence-corrected chi connectivity index (χ3v) is 6.00. The summed E-state index contributed by atoms with van der Waals surface area (Å²) in [5.74, 6) is 0.329. The van der Waals surface area contributed by atoms with E-state index in [1.807, 2.05) is 4.90 Å². The molecule has 0 unspecified atom stereocenters. The molecular weight excluding hydrogens is 364 g/mol. The van der Waals surface area contributed by atoms with Gasteiger partial charge in [0.15, 0.2) is 0 Å². The molecule has 2 saturated carbocycles. The van der Waals surface area contributed by atoms with Crippen molar-refractivity contribution < 1.29 is 17.9 Å². The van der Waals surface area contributed by atoms with Crippen molar-refractivity contribution in [1.82, 2.24) is 4.98 Å². The van der Waals surface area contributed by atoms with Crippen LogP contribution in [-0.2, 0) is 10.9 Å². The largest absolute Gasteiger partial charge is 0.419 e. The summed E-state index contributed by atoms with van der Waals surface area (Å²) in [6.45, 7) is 1.20. The van der Waals surface area contributed by atoms with Gasteiger partial charge >= 0.3 is 6.18 Å². The van der Waals surface area contributed by atoms with Crippen LogP contribution in [0.15, 0.2) is 6.07 Å². The van der Waals surface area contributed by atoms with Gasteiger partial charge in [0.25, 0.3) is 0 Å². The highest BCUT2D eigenvalue weighted by atomic mass is 35.5. The SMILES string of the molecule is FC(F)(F)c1cc(Cl)c(N2CC3(CCC3)OC3(CCC3)C2)nc1Cl. The minimum atomic E-state index is -4.57. The van der Waals surface area contributed by atoms with Crippen molar-refractivity contribution in [3.05, 3.63) is 21.8 Å².